The van der Waals surface area contributed by atoms with Gasteiger partial charge in [0.2, 0.25) is 0 Å². The summed E-state index contributed by atoms with van der Waals surface area (Å²) < 4.78 is 17.7. The van der Waals surface area contributed by atoms with Gasteiger partial charge in [-0.15, -0.1) is 11.3 Å². The molecule has 8 nitrogen and oxygen atoms in total. The van der Waals surface area contributed by atoms with Gasteiger partial charge in [0.05, 0.1) is 35.7 Å². The number of fused-ring (bicyclic) bond motifs is 1. The van der Waals surface area contributed by atoms with Crippen molar-refractivity contribution in [3.05, 3.63) is 77.1 Å². The number of nitrogens with zero attached hydrogens (tertiary/aromatic N) is 3. The second-order valence-electron chi connectivity index (χ2n) is 10.7. The molecule has 3 heterocycles. The second kappa shape index (κ2) is 11.7. The number of benzene rings is 2. The number of methoxy groups -OCH3 is 2. The maximum absolute atomic E-state index is 12.6. The van der Waals surface area contributed by atoms with Crippen LogP contribution in [0.25, 0.3) is 43.2 Å². The number of halogens is 1. The lowest BCUT2D eigenvalue weighted by Crippen LogP contribution is -2.28. The van der Waals surface area contributed by atoms with Gasteiger partial charge in [-0.2, -0.15) is 0 Å². The average molecular weight is 604 g/mol. The van der Waals surface area contributed by atoms with Crippen molar-refractivity contribution in [2.45, 2.75) is 39.4 Å². The van der Waals surface area contributed by atoms with Crippen molar-refractivity contribution < 1.29 is 24.1 Å². The van der Waals surface area contributed by atoms with Crippen molar-refractivity contribution in [1.29, 1.82) is 0 Å². The highest BCUT2D eigenvalue weighted by Crippen LogP contribution is 2.44. The largest absolute Gasteiger partial charge is 0.491 e. The fourth-order valence-electron chi connectivity index (χ4n) is 4.76. The lowest BCUT2D eigenvalue weighted by Gasteiger charge is -2.28. The van der Waals surface area contributed by atoms with Gasteiger partial charge in [0, 0.05) is 39.7 Å². The van der Waals surface area contributed by atoms with E-state index in [2.05, 4.69) is 9.97 Å². The van der Waals surface area contributed by atoms with Gasteiger partial charge in [0.1, 0.15) is 5.01 Å². The summed E-state index contributed by atoms with van der Waals surface area (Å²) in [5.74, 6) is -0.169. The number of thiazole rings is 1. The highest BCUT2D eigenvalue weighted by molar-refractivity contribution is 7.22. The van der Waals surface area contributed by atoms with E-state index in [0.29, 0.717) is 27.9 Å². The van der Waals surface area contributed by atoms with Crippen LogP contribution in [0.5, 0.6) is 11.6 Å². The molecule has 0 aliphatic heterocycles. The van der Waals surface area contributed by atoms with Crippen molar-refractivity contribution in [2.75, 3.05) is 14.2 Å². The second-order valence-corrected chi connectivity index (χ2v) is 12.1. The Kier molecular flexibility index (Phi) is 8.19. The normalized spacial score (nSPS) is 12.4. The molecule has 0 spiro atoms. The van der Waals surface area contributed by atoms with Crippen LogP contribution in [0.1, 0.15) is 38.0 Å². The molecule has 5 aromatic rings. The first kappa shape index (κ1) is 29.4. The zero-order valence-corrected chi connectivity index (χ0v) is 25.6. The molecule has 0 unspecified atom stereocenters. The third-order valence-corrected chi connectivity index (χ3v) is 7.94. The zero-order chi connectivity index (χ0) is 30.2. The highest BCUT2D eigenvalue weighted by atomic mass is 35.5. The SMILES string of the molecule is COc1cc(-c2cc(-c3nc4cc(C)c([C@H](OC(C)(C)C)C(=O)O)c(-c5ccc(Cl)cc5)c4s3)ccn2)cnc1OC. The Balaban J connectivity index is 1.70. The molecule has 42 heavy (non-hydrogen) atoms. The Morgan fingerprint density at radius 3 is 2.36 bits per heavy atom. The van der Waals surface area contributed by atoms with Crippen molar-refractivity contribution in [1.82, 2.24) is 15.0 Å². The smallest absolute Gasteiger partial charge is 0.337 e. The summed E-state index contributed by atoms with van der Waals surface area (Å²) in [5, 5.41) is 11.7. The van der Waals surface area contributed by atoms with E-state index in [1.54, 1.807) is 31.6 Å². The van der Waals surface area contributed by atoms with Gasteiger partial charge in [-0.05, 0) is 75.2 Å². The first-order valence-corrected chi connectivity index (χ1v) is 14.3. The van der Waals surface area contributed by atoms with Crippen LogP contribution in [-0.4, -0.2) is 45.8 Å². The minimum Gasteiger partial charge on any atom is -0.491 e. The van der Waals surface area contributed by atoms with Crippen LogP contribution in [-0.2, 0) is 9.53 Å². The standard InChI is InChI=1S/C32H30ClN3O5S/c1-17-13-23-28(26(18-7-9-21(33)10-8-18)25(17)27(31(37)38)41-32(2,3)4)42-30(36-23)19-11-12-34-22(14-19)20-15-24(39-5)29(40-6)35-16-20/h7-16,27H,1-6H3,(H,37,38)/t27-/m0/s1. The van der Waals surface area contributed by atoms with Crippen LogP contribution in [0.4, 0.5) is 0 Å². The van der Waals surface area contributed by atoms with Gasteiger partial charge < -0.3 is 19.3 Å². The lowest BCUT2D eigenvalue weighted by molar-refractivity contribution is -0.160. The number of hydrogen-bond donors (Lipinski definition) is 1. The zero-order valence-electron chi connectivity index (χ0n) is 24.1. The maximum atomic E-state index is 12.6. The molecule has 3 aromatic heterocycles. The average Bonchev–Trinajstić information content (AvgIpc) is 3.38. The molecule has 1 atom stereocenters. The Labute approximate surface area is 252 Å². The maximum Gasteiger partial charge on any atom is 0.337 e. The molecule has 0 saturated heterocycles. The number of carboxylic acid groups (broad SMARTS) is 1. The minimum atomic E-state index is -1.18. The molecule has 0 aliphatic rings. The number of carboxylic acids is 1. The van der Waals surface area contributed by atoms with Crippen molar-refractivity contribution in [3.63, 3.8) is 0 Å². The van der Waals surface area contributed by atoms with Gasteiger partial charge >= 0.3 is 5.97 Å². The van der Waals surface area contributed by atoms with Crippen molar-refractivity contribution in [3.8, 4) is 44.6 Å². The number of ether oxygens (including phenoxy) is 3. The van der Waals surface area contributed by atoms with Gasteiger partial charge in [-0.25, -0.2) is 14.8 Å². The Bertz CT molecular complexity index is 1780. The van der Waals surface area contributed by atoms with Crippen LogP contribution < -0.4 is 9.47 Å². The Hall–Kier alpha value is -4.05. The van der Waals surface area contributed by atoms with Gasteiger partial charge in [-0.3, -0.25) is 4.98 Å². The van der Waals surface area contributed by atoms with Crippen molar-refractivity contribution >= 4 is 39.1 Å². The Morgan fingerprint density at radius 2 is 1.71 bits per heavy atom. The summed E-state index contributed by atoms with van der Waals surface area (Å²) in [6.07, 6.45) is 2.22. The molecule has 0 radical (unpaired) electrons. The van der Waals surface area contributed by atoms with E-state index in [9.17, 15) is 9.90 Å². The van der Waals surface area contributed by atoms with Gasteiger partial charge in [-0.1, -0.05) is 23.7 Å². The van der Waals surface area contributed by atoms with Crippen LogP contribution >= 0.6 is 22.9 Å². The van der Waals surface area contributed by atoms with Crippen LogP contribution in [0.3, 0.4) is 0 Å². The third kappa shape index (κ3) is 5.94. The molecule has 0 fully saturated rings. The number of rotatable bonds is 8. The Morgan fingerprint density at radius 1 is 0.976 bits per heavy atom. The predicted octanol–water partition coefficient (Wildman–Crippen LogP) is 8.01. The molecular formula is C32H30ClN3O5S. The number of aryl methyl sites for hydroxylation is 1. The molecule has 216 valence electrons. The molecule has 5 rings (SSSR count). The lowest BCUT2D eigenvalue weighted by atomic mass is 9.91. The summed E-state index contributed by atoms with van der Waals surface area (Å²) in [7, 11) is 3.10. The number of hydrogen-bond acceptors (Lipinski definition) is 8. The number of carbonyl (C=O) groups is 1. The molecule has 0 bridgehead atoms. The number of aliphatic carboxylic acids is 1. The van der Waals surface area contributed by atoms with E-state index in [0.717, 1.165) is 43.0 Å². The molecule has 0 aliphatic carbocycles. The first-order chi connectivity index (χ1) is 20.0. The predicted molar refractivity (Wildman–Crippen MR) is 166 cm³/mol. The van der Waals surface area contributed by atoms with Gasteiger partial charge in [0.15, 0.2) is 11.9 Å². The first-order valence-electron chi connectivity index (χ1n) is 13.1. The molecule has 0 saturated carbocycles. The molecule has 2 aromatic carbocycles. The van der Waals surface area contributed by atoms with E-state index >= 15 is 0 Å². The molecule has 0 amide bonds. The third-order valence-electron chi connectivity index (χ3n) is 6.55. The van der Waals surface area contributed by atoms with Gasteiger partial charge in [0.25, 0.3) is 5.88 Å². The van der Waals surface area contributed by atoms with E-state index in [-0.39, 0.29) is 0 Å². The summed E-state index contributed by atoms with van der Waals surface area (Å²) in [5.41, 5.74) is 5.34. The van der Waals surface area contributed by atoms with E-state index in [1.807, 2.05) is 64.1 Å². The van der Waals surface area contributed by atoms with E-state index in [1.165, 1.54) is 18.4 Å². The monoisotopic (exact) mass is 603 g/mol. The van der Waals surface area contributed by atoms with Crippen LogP contribution in [0.2, 0.25) is 5.02 Å². The van der Waals surface area contributed by atoms with Crippen LogP contribution in [0.15, 0.2) is 60.9 Å². The van der Waals surface area contributed by atoms with E-state index in [4.69, 9.17) is 30.8 Å². The summed E-state index contributed by atoms with van der Waals surface area (Å²) in [6, 6.07) is 15.0. The highest BCUT2D eigenvalue weighted by Gasteiger charge is 2.32. The fourth-order valence-corrected chi connectivity index (χ4v) is 6.00. The molecule has 1 N–H and O–H groups in total. The molecular weight excluding hydrogens is 574 g/mol. The number of aromatic nitrogens is 3. The quantitative estimate of drug-likeness (QED) is 0.190. The summed E-state index contributed by atoms with van der Waals surface area (Å²) in [4.78, 5) is 26.5. The van der Waals surface area contributed by atoms with Crippen LogP contribution in [0, 0.1) is 6.92 Å². The topological polar surface area (TPSA) is 104 Å². The fraction of sp³-hybridized carbons (Fsp3) is 0.250. The number of pyridine rings is 2. The van der Waals surface area contributed by atoms with Crippen molar-refractivity contribution in [2.24, 2.45) is 0 Å². The van der Waals surface area contributed by atoms with E-state index < -0.39 is 17.7 Å². The minimum absolute atomic E-state index is 0.389. The summed E-state index contributed by atoms with van der Waals surface area (Å²) >= 11 is 7.70. The summed E-state index contributed by atoms with van der Waals surface area (Å²) in [6.45, 7) is 7.43. The molecule has 10 heteroatoms.